The number of rotatable bonds is 10. The molecule has 0 aromatic heterocycles. The number of hydrogen-bond acceptors (Lipinski definition) is 3. The van der Waals surface area contributed by atoms with E-state index in [0.29, 0.717) is 18.4 Å². The van der Waals surface area contributed by atoms with Gasteiger partial charge in [0, 0.05) is 6.54 Å². The molecule has 0 bridgehead atoms. The van der Waals surface area contributed by atoms with Crippen molar-refractivity contribution in [3.05, 3.63) is 0 Å². The summed E-state index contributed by atoms with van der Waals surface area (Å²) in [5, 5.41) is 3.07. The van der Waals surface area contributed by atoms with Crippen LogP contribution in [0.1, 0.15) is 47.5 Å². The Hall–Kier alpha value is -0.610. The van der Waals surface area contributed by atoms with E-state index >= 15 is 0 Å². The van der Waals surface area contributed by atoms with Crippen molar-refractivity contribution in [3.63, 3.8) is 0 Å². The largest absolute Gasteiger partial charge is 0.368 e. The van der Waals surface area contributed by atoms with Gasteiger partial charge in [-0.25, -0.2) is 0 Å². The lowest BCUT2D eigenvalue weighted by Crippen LogP contribution is -2.58. The fraction of sp³-hybridized carbons (Fsp3) is 0.933. The lowest BCUT2D eigenvalue weighted by molar-refractivity contribution is -0.124. The molecule has 0 saturated carbocycles. The SMILES string of the molecule is CNC(C)(CN(CCC(C)C)CCC(C)C)C(N)=O. The van der Waals surface area contributed by atoms with Crippen LogP contribution in [0.5, 0.6) is 0 Å². The molecular formula is C15H33N3O. The van der Waals surface area contributed by atoms with Gasteiger partial charge in [0.25, 0.3) is 0 Å². The van der Waals surface area contributed by atoms with Crippen LogP contribution in [0.2, 0.25) is 0 Å². The minimum absolute atomic E-state index is 0.283. The number of amides is 1. The molecule has 0 spiro atoms. The molecule has 19 heavy (non-hydrogen) atoms. The van der Waals surface area contributed by atoms with Gasteiger partial charge in [0.05, 0.1) is 0 Å². The first-order valence-electron chi connectivity index (χ1n) is 7.42. The summed E-state index contributed by atoms with van der Waals surface area (Å²) in [6, 6.07) is 0. The van der Waals surface area contributed by atoms with Crippen molar-refractivity contribution in [3.8, 4) is 0 Å². The monoisotopic (exact) mass is 271 g/mol. The quantitative estimate of drug-likeness (QED) is 0.637. The Bertz CT molecular complexity index is 254. The smallest absolute Gasteiger partial charge is 0.238 e. The number of nitrogens with one attached hydrogen (secondary N) is 1. The van der Waals surface area contributed by atoms with Gasteiger partial charge in [-0.3, -0.25) is 4.79 Å². The molecule has 0 aliphatic rings. The van der Waals surface area contributed by atoms with Gasteiger partial charge < -0.3 is 16.0 Å². The maximum Gasteiger partial charge on any atom is 0.238 e. The summed E-state index contributed by atoms with van der Waals surface area (Å²) >= 11 is 0. The molecule has 0 fully saturated rings. The fourth-order valence-electron chi connectivity index (χ4n) is 1.88. The van der Waals surface area contributed by atoms with Crippen molar-refractivity contribution >= 4 is 5.91 Å². The zero-order chi connectivity index (χ0) is 15.1. The first kappa shape index (κ1) is 18.4. The first-order chi connectivity index (χ1) is 8.71. The Morgan fingerprint density at radius 1 is 1.16 bits per heavy atom. The van der Waals surface area contributed by atoms with Crippen molar-refractivity contribution in [2.75, 3.05) is 26.7 Å². The van der Waals surface area contributed by atoms with Gasteiger partial charge in [0.15, 0.2) is 0 Å². The maximum absolute atomic E-state index is 11.6. The Balaban J connectivity index is 4.58. The highest BCUT2D eigenvalue weighted by Gasteiger charge is 2.31. The Morgan fingerprint density at radius 2 is 1.58 bits per heavy atom. The first-order valence-corrected chi connectivity index (χ1v) is 7.42. The molecule has 0 radical (unpaired) electrons. The molecule has 0 rings (SSSR count). The molecule has 114 valence electrons. The van der Waals surface area contributed by atoms with Crippen LogP contribution < -0.4 is 11.1 Å². The highest BCUT2D eigenvalue weighted by molar-refractivity contribution is 5.84. The Kier molecular flexibility index (Phi) is 8.26. The van der Waals surface area contributed by atoms with Crippen LogP contribution in [0.3, 0.4) is 0 Å². The van der Waals surface area contributed by atoms with E-state index in [1.165, 1.54) is 0 Å². The summed E-state index contributed by atoms with van der Waals surface area (Å²) in [6.45, 7) is 13.5. The summed E-state index contributed by atoms with van der Waals surface area (Å²) < 4.78 is 0. The van der Waals surface area contributed by atoms with E-state index in [9.17, 15) is 4.79 Å². The van der Waals surface area contributed by atoms with Gasteiger partial charge in [0.1, 0.15) is 5.54 Å². The van der Waals surface area contributed by atoms with E-state index in [1.54, 1.807) is 7.05 Å². The highest BCUT2D eigenvalue weighted by Crippen LogP contribution is 2.11. The molecule has 0 aromatic carbocycles. The van der Waals surface area contributed by atoms with Gasteiger partial charge in [0.2, 0.25) is 5.91 Å². The van der Waals surface area contributed by atoms with Crippen molar-refractivity contribution in [1.29, 1.82) is 0 Å². The van der Waals surface area contributed by atoms with E-state index < -0.39 is 5.54 Å². The maximum atomic E-state index is 11.6. The predicted molar refractivity (Wildman–Crippen MR) is 82.0 cm³/mol. The van der Waals surface area contributed by atoms with Crippen LogP contribution in [0.4, 0.5) is 0 Å². The van der Waals surface area contributed by atoms with Crippen LogP contribution in [0.15, 0.2) is 0 Å². The predicted octanol–water partition coefficient (Wildman–Crippen LogP) is 1.84. The van der Waals surface area contributed by atoms with Gasteiger partial charge in [-0.2, -0.15) is 0 Å². The fourth-order valence-corrected chi connectivity index (χ4v) is 1.88. The molecule has 0 aromatic rings. The molecule has 1 unspecified atom stereocenters. The minimum Gasteiger partial charge on any atom is -0.368 e. The second kappa shape index (κ2) is 8.54. The van der Waals surface area contributed by atoms with Crippen molar-refractivity contribution in [2.45, 2.75) is 53.0 Å². The Labute approximate surface area is 119 Å². The second-order valence-corrected chi connectivity index (χ2v) is 6.59. The molecular weight excluding hydrogens is 238 g/mol. The third-order valence-corrected chi connectivity index (χ3v) is 3.68. The lowest BCUT2D eigenvalue weighted by Gasteiger charge is -2.33. The third-order valence-electron chi connectivity index (χ3n) is 3.68. The van der Waals surface area contributed by atoms with Crippen molar-refractivity contribution < 1.29 is 4.79 Å². The average molecular weight is 271 g/mol. The van der Waals surface area contributed by atoms with Crippen LogP contribution >= 0.6 is 0 Å². The molecule has 4 heteroatoms. The number of likely N-dealkylation sites (N-methyl/N-ethyl adjacent to an activating group) is 1. The molecule has 4 nitrogen and oxygen atoms in total. The number of primary amides is 1. The number of nitrogens with two attached hydrogens (primary N) is 1. The summed E-state index contributed by atoms with van der Waals surface area (Å²) in [6.07, 6.45) is 2.30. The van der Waals surface area contributed by atoms with E-state index in [2.05, 4.69) is 37.9 Å². The van der Waals surface area contributed by atoms with Gasteiger partial charge in [-0.1, -0.05) is 27.7 Å². The standard InChI is InChI=1S/C15H33N3O/c1-12(2)7-9-18(10-8-13(3)4)11-15(5,17-6)14(16)19/h12-13,17H,7-11H2,1-6H3,(H2,16,19). The van der Waals surface area contributed by atoms with Crippen molar-refractivity contribution in [1.82, 2.24) is 10.2 Å². The molecule has 0 aliphatic heterocycles. The molecule has 3 N–H and O–H groups in total. The minimum atomic E-state index is -0.645. The molecule has 0 aliphatic carbocycles. The number of carbonyl (C=O) groups is 1. The summed E-state index contributed by atoms with van der Waals surface area (Å²) in [7, 11) is 1.80. The van der Waals surface area contributed by atoms with Crippen LogP contribution in [-0.4, -0.2) is 43.0 Å². The topological polar surface area (TPSA) is 58.4 Å². The van der Waals surface area contributed by atoms with E-state index in [0.717, 1.165) is 25.9 Å². The normalized spacial score (nSPS) is 15.2. The van der Waals surface area contributed by atoms with Crippen LogP contribution in [-0.2, 0) is 4.79 Å². The van der Waals surface area contributed by atoms with E-state index in [4.69, 9.17) is 5.73 Å². The number of nitrogens with zero attached hydrogens (tertiary/aromatic N) is 1. The molecule has 0 saturated heterocycles. The average Bonchev–Trinajstić information content (AvgIpc) is 2.31. The second-order valence-electron chi connectivity index (χ2n) is 6.59. The highest BCUT2D eigenvalue weighted by atomic mass is 16.1. The number of hydrogen-bond donors (Lipinski definition) is 2. The van der Waals surface area contributed by atoms with E-state index in [1.807, 2.05) is 6.92 Å². The Morgan fingerprint density at radius 3 is 1.84 bits per heavy atom. The summed E-state index contributed by atoms with van der Waals surface area (Å²) in [4.78, 5) is 14.0. The number of carbonyl (C=O) groups excluding carboxylic acids is 1. The van der Waals surface area contributed by atoms with Gasteiger partial charge in [-0.15, -0.1) is 0 Å². The third kappa shape index (κ3) is 7.53. The van der Waals surface area contributed by atoms with Gasteiger partial charge in [-0.05, 0) is 51.7 Å². The molecule has 1 amide bonds. The molecule has 1 atom stereocenters. The summed E-state index contributed by atoms with van der Waals surface area (Å²) in [5.74, 6) is 1.07. The van der Waals surface area contributed by atoms with Crippen molar-refractivity contribution in [2.24, 2.45) is 17.6 Å². The van der Waals surface area contributed by atoms with Gasteiger partial charge >= 0.3 is 0 Å². The van der Waals surface area contributed by atoms with Crippen LogP contribution in [0.25, 0.3) is 0 Å². The molecule has 0 heterocycles. The zero-order valence-electron chi connectivity index (χ0n) is 13.6. The zero-order valence-corrected chi connectivity index (χ0v) is 13.6. The van der Waals surface area contributed by atoms with E-state index in [-0.39, 0.29) is 5.91 Å². The van der Waals surface area contributed by atoms with Crippen LogP contribution in [0, 0.1) is 11.8 Å². The summed E-state index contributed by atoms with van der Waals surface area (Å²) in [5.41, 5.74) is 4.87. The lowest BCUT2D eigenvalue weighted by atomic mass is 9.99.